The van der Waals surface area contributed by atoms with Crippen LogP contribution in [0.2, 0.25) is 5.15 Å². The average molecular weight is 347 g/mol. The summed E-state index contributed by atoms with van der Waals surface area (Å²) in [6.07, 6.45) is 2.95. The van der Waals surface area contributed by atoms with Crippen LogP contribution in [-0.4, -0.2) is 31.5 Å². The number of sulfonamides is 1. The molecule has 0 bridgehead atoms. The third-order valence-corrected chi connectivity index (χ3v) is 5.48. The van der Waals surface area contributed by atoms with Gasteiger partial charge in [0.1, 0.15) is 11.0 Å². The van der Waals surface area contributed by atoms with Gasteiger partial charge >= 0.3 is 0 Å². The Labute approximate surface area is 132 Å². The predicted octanol–water partition coefficient (Wildman–Crippen LogP) is 2.20. The van der Waals surface area contributed by atoms with Gasteiger partial charge in [0.2, 0.25) is 10.0 Å². The normalized spacial score (nSPS) is 11.6. The number of aryl methyl sites for hydroxylation is 2. The van der Waals surface area contributed by atoms with E-state index in [-0.39, 0.29) is 11.7 Å². The number of nitrogens with zero attached hydrogens (tertiary/aromatic N) is 2. The van der Waals surface area contributed by atoms with Crippen molar-refractivity contribution in [2.75, 3.05) is 18.4 Å². The zero-order valence-corrected chi connectivity index (χ0v) is 13.9. The van der Waals surface area contributed by atoms with Gasteiger partial charge < -0.3 is 5.32 Å². The van der Waals surface area contributed by atoms with Gasteiger partial charge in [0.15, 0.2) is 0 Å². The number of anilines is 1. The fourth-order valence-corrected chi connectivity index (χ4v) is 4.49. The van der Waals surface area contributed by atoms with E-state index < -0.39 is 10.0 Å². The van der Waals surface area contributed by atoms with Gasteiger partial charge in [-0.15, -0.1) is 11.3 Å². The Morgan fingerprint density at radius 1 is 1.29 bits per heavy atom. The topological polar surface area (TPSA) is 84.0 Å². The van der Waals surface area contributed by atoms with E-state index in [1.807, 2.05) is 6.92 Å². The molecule has 21 heavy (non-hydrogen) atoms. The summed E-state index contributed by atoms with van der Waals surface area (Å²) in [5.74, 6) is 0.504. The second kappa shape index (κ2) is 6.69. The first-order chi connectivity index (χ1) is 9.88. The molecule has 0 fully saturated rings. The standard InChI is InChI=1S/C12H15ClN4O2S2/c1-8-5-10(9(2)20-8)21(18,19)16-4-3-15-12-7-14-6-11(13)17-12/h5-7,16H,3-4H2,1-2H3,(H,15,17). The molecule has 0 atom stereocenters. The molecule has 0 unspecified atom stereocenters. The largest absolute Gasteiger partial charge is 0.367 e. The van der Waals surface area contributed by atoms with E-state index in [0.29, 0.717) is 17.3 Å². The highest BCUT2D eigenvalue weighted by Gasteiger charge is 2.18. The summed E-state index contributed by atoms with van der Waals surface area (Å²) < 4.78 is 26.9. The Balaban J connectivity index is 1.89. The maximum atomic E-state index is 12.2. The van der Waals surface area contributed by atoms with Crippen LogP contribution >= 0.6 is 22.9 Å². The molecule has 0 saturated carbocycles. The van der Waals surface area contributed by atoms with Crippen LogP contribution in [0.5, 0.6) is 0 Å². The number of hydrogen-bond acceptors (Lipinski definition) is 6. The predicted molar refractivity (Wildman–Crippen MR) is 84.5 cm³/mol. The Morgan fingerprint density at radius 2 is 2.05 bits per heavy atom. The quantitative estimate of drug-likeness (QED) is 0.783. The van der Waals surface area contributed by atoms with Crippen molar-refractivity contribution in [2.24, 2.45) is 0 Å². The summed E-state index contributed by atoms with van der Waals surface area (Å²) in [6, 6.07) is 1.68. The molecular formula is C12H15ClN4O2S2. The molecule has 2 aromatic rings. The summed E-state index contributed by atoms with van der Waals surface area (Å²) in [4.78, 5) is 9.98. The number of thiophene rings is 1. The first-order valence-electron chi connectivity index (χ1n) is 6.16. The SMILES string of the molecule is Cc1cc(S(=O)(=O)NCCNc2cncc(Cl)n2)c(C)s1. The molecule has 0 aromatic carbocycles. The summed E-state index contributed by atoms with van der Waals surface area (Å²) >= 11 is 7.17. The number of halogens is 1. The van der Waals surface area contributed by atoms with Crippen molar-refractivity contribution in [2.45, 2.75) is 18.7 Å². The zero-order valence-electron chi connectivity index (χ0n) is 11.6. The molecule has 114 valence electrons. The Kier molecular flexibility index (Phi) is 5.15. The Hall–Kier alpha value is -1.22. The van der Waals surface area contributed by atoms with E-state index in [9.17, 15) is 8.42 Å². The van der Waals surface area contributed by atoms with Crippen LogP contribution in [0, 0.1) is 13.8 Å². The van der Waals surface area contributed by atoms with Crippen molar-refractivity contribution >= 4 is 38.8 Å². The lowest BCUT2D eigenvalue weighted by Crippen LogP contribution is -2.29. The zero-order chi connectivity index (χ0) is 15.5. The lowest BCUT2D eigenvalue weighted by molar-refractivity contribution is 0.582. The number of hydrogen-bond donors (Lipinski definition) is 2. The minimum Gasteiger partial charge on any atom is -0.367 e. The highest BCUT2D eigenvalue weighted by molar-refractivity contribution is 7.89. The van der Waals surface area contributed by atoms with Crippen LogP contribution in [-0.2, 0) is 10.0 Å². The highest BCUT2D eigenvalue weighted by Crippen LogP contribution is 2.24. The van der Waals surface area contributed by atoms with E-state index in [0.717, 1.165) is 9.75 Å². The smallest absolute Gasteiger partial charge is 0.241 e. The lowest BCUT2D eigenvalue weighted by Gasteiger charge is -2.08. The Bertz CT molecular complexity index is 731. The molecule has 2 N–H and O–H groups in total. The summed E-state index contributed by atoms with van der Waals surface area (Å²) in [5.41, 5.74) is 0. The van der Waals surface area contributed by atoms with Crippen molar-refractivity contribution in [3.8, 4) is 0 Å². The number of aromatic nitrogens is 2. The minimum atomic E-state index is -3.47. The number of rotatable bonds is 6. The average Bonchev–Trinajstić information content (AvgIpc) is 2.75. The fraction of sp³-hybridized carbons (Fsp3) is 0.333. The van der Waals surface area contributed by atoms with E-state index in [2.05, 4.69) is 20.0 Å². The van der Waals surface area contributed by atoms with Gasteiger partial charge in [0.05, 0.1) is 17.3 Å². The molecule has 2 heterocycles. The van der Waals surface area contributed by atoms with E-state index >= 15 is 0 Å². The van der Waals surface area contributed by atoms with Crippen LogP contribution < -0.4 is 10.0 Å². The molecule has 0 spiro atoms. The van der Waals surface area contributed by atoms with Crippen LogP contribution in [0.15, 0.2) is 23.4 Å². The second-order valence-electron chi connectivity index (χ2n) is 4.33. The number of nitrogens with one attached hydrogen (secondary N) is 2. The van der Waals surface area contributed by atoms with E-state index in [1.165, 1.54) is 23.7 Å². The molecule has 0 radical (unpaired) electrons. The monoisotopic (exact) mass is 346 g/mol. The van der Waals surface area contributed by atoms with Gasteiger partial charge in [0, 0.05) is 22.8 Å². The van der Waals surface area contributed by atoms with E-state index in [4.69, 9.17) is 11.6 Å². The summed E-state index contributed by atoms with van der Waals surface area (Å²) in [6.45, 7) is 4.31. The highest BCUT2D eigenvalue weighted by atomic mass is 35.5. The molecular weight excluding hydrogens is 332 g/mol. The Morgan fingerprint density at radius 3 is 2.67 bits per heavy atom. The van der Waals surface area contributed by atoms with Gasteiger partial charge in [-0.2, -0.15) is 0 Å². The maximum absolute atomic E-state index is 12.2. The lowest BCUT2D eigenvalue weighted by atomic mass is 10.4. The second-order valence-corrected chi connectivity index (χ2v) is 7.91. The van der Waals surface area contributed by atoms with Crippen LogP contribution in [0.1, 0.15) is 9.75 Å². The van der Waals surface area contributed by atoms with Crippen molar-refractivity contribution in [3.05, 3.63) is 33.4 Å². The van der Waals surface area contributed by atoms with Crippen molar-refractivity contribution < 1.29 is 8.42 Å². The maximum Gasteiger partial charge on any atom is 0.241 e. The van der Waals surface area contributed by atoms with Gasteiger partial charge in [-0.25, -0.2) is 18.1 Å². The molecule has 2 aromatic heterocycles. The van der Waals surface area contributed by atoms with Crippen LogP contribution in [0.25, 0.3) is 0 Å². The molecule has 2 rings (SSSR count). The van der Waals surface area contributed by atoms with Crippen molar-refractivity contribution in [1.82, 2.24) is 14.7 Å². The van der Waals surface area contributed by atoms with Gasteiger partial charge in [-0.05, 0) is 19.9 Å². The molecule has 9 heteroatoms. The molecule has 0 aliphatic rings. The van der Waals surface area contributed by atoms with Crippen LogP contribution in [0.4, 0.5) is 5.82 Å². The first kappa shape index (κ1) is 16.2. The minimum absolute atomic E-state index is 0.241. The first-order valence-corrected chi connectivity index (χ1v) is 8.84. The fourth-order valence-electron chi connectivity index (χ4n) is 1.76. The van der Waals surface area contributed by atoms with Crippen LogP contribution in [0.3, 0.4) is 0 Å². The van der Waals surface area contributed by atoms with Gasteiger partial charge in [-0.3, -0.25) is 4.98 Å². The summed E-state index contributed by atoms with van der Waals surface area (Å²) in [7, 11) is -3.47. The molecule has 0 saturated heterocycles. The molecule has 6 nitrogen and oxygen atoms in total. The molecule has 0 aliphatic carbocycles. The van der Waals surface area contributed by atoms with E-state index in [1.54, 1.807) is 13.0 Å². The third-order valence-electron chi connectivity index (χ3n) is 2.61. The van der Waals surface area contributed by atoms with Gasteiger partial charge in [-0.1, -0.05) is 11.6 Å². The van der Waals surface area contributed by atoms with Crippen molar-refractivity contribution in [3.63, 3.8) is 0 Å². The molecule has 0 aliphatic heterocycles. The van der Waals surface area contributed by atoms with Gasteiger partial charge in [0.25, 0.3) is 0 Å². The molecule has 0 amide bonds. The summed E-state index contributed by atoms with van der Waals surface area (Å²) in [5, 5.41) is 3.23. The van der Waals surface area contributed by atoms with Crippen molar-refractivity contribution in [1.29, 1.82) is 0 Å². The third kappa shape index (κ3) is 4.37.